The quantitative estimate of drug-likeness (QED) is 0.0299. The van der Waals surface area contributed by atoms with Crippen LogP contribution in [0.15, 0.2) is 98.6 Å². The van der Waals surface area contributed by atoms with Crippen molar-refractivity contribution in [1.82, 2.24) is 0 Å². The third-order valence-corrected chi connectivity index (χ3v) is 8.10. The smallest absolute Gasteiger partial charge is 0.330 e. The van der Waals surface area contributed by atoms with Gasteiger partial charge in [0, 0.05) is 18.1 Å². The number of fused-ring (bicyclic) bond motifs is 3. The molecule has 4 aromatic rings. The van der Waals surface area contributed by atoms with Gasteiger partial charge >= 0.3 is 5.97 Å². The summed E-state index contributed by atoms with van der Waals surface area (Å²) in [6, 6.07) is 22.5. The van der Waals surface area contributed by atoms with Gasteiger partial charge in [0.15, 0.2) is 5.78 Å². The average Bonchev–Trinajstić information content (AvgIpc) is 3.10. The van der Waals surface area contributed by atoms with Crippen LogP contribution in [0.3, 0.4) is 0 Å². The topological polar surface area (TPSA) is 71.1 Å². The highest BCUT2D eigenvalue weighted by Gasteiger charge is 2.13. The number of unbranched alkanes of at least 4 members (excludes halogenated alkanes) is 5. The monoisotopic (exact) mass is 634 g/mol. The summed E-state index contributed by atoms with van der Waals surface area (Å²) in [7, 11) is 0. The van der Waals surface area contributed by atoms with Crippen molar-refractivity contribution in [3.63, 3.8) is 0 Å². The average molecular weight is 635 g/mol. The molecule has 0 saturated carbocycles. The predicted molar refractivity (Wildman–Crippen MR) is 191 cm³/mol. The Morgan fingerprint density at radius 2 is 1.28 bits per heavy atom. The first-order valence-corrected chi connectivity index (χ1v) is 16.6. The van der Waals surface area contributed by atoms with Crippen LogP contribution in [-0.4, -0.2) is 31.6 Å². The summed E-state index contributed by atoms with van der Waals surface area (Å²) in [4.78, 5) is 22.4. The first kappa shape index (κ1) is 35.0. The van der Waals surface area contributed by atoms with Crippen molar-refractivity contribution >= 4 is 39.1 Å². The van der Waals surface area contributed by atoms with Crippen molar-refractivity contribution in [2.45, 2.75) is 64.7 Å². The van der Waals surface area contributed by atoms with E-state index >= 15 is 0 Å². The van der Waals surface area contributed by atoms with E-state index in [9.17, 15) is 9.59 Å². The lowest BCUT2D eigenvalue weighted by atomic mass is 9.93. The molecule has 0 fully saturated rings. The van der Waals surface area contributed by atoms with E-state index in [1.165, 1.54) is 33.9 Å². The Balaban J connectivity index is 1.31. The van der Waals surface area contributed by atoms with Crippen LogP contribution in [0.4, 0.5) is 0 Å². The molecule has 0 N–H and O–H groups in total. The Morgan fingerprint density at radius 3 is 1.98 bits per heavy atom. The Bertz CT molecular complexity index is 1680. The van der Waals surface area contributed by atoms with Crippen LogP contribution in [0.25, 0.3) is 27.3 Å². The number of ketones is 1. The number of benzene rings is 4. The van der Waals surface area contributed by atoms with Gasteiger partial charge in [-0.3, -0.25) is 4.79 Å². The Hall–Kier alpha value is -4.84. The molecular weight excluding hydrogens is 588 g/mol. The minimum absolute atomic E-state index is 0.0922. The summed E-state index contributed by atoms with van der Waals surface area (Å²) in [5, 5.41) is 4.69. The highest BCUT2D eigenvalue weighted by molar-refractivity contribution is 6.09. The number of rotatable bonds is 21. The van der Waals surface area contributed by atoms with E-state index in [-0.39, 0.29) is 11.8 Å². The summed E-state index contributed by atoms with van der Waals surface area (Å²) in [5.41, 5.74) is 2.19. The van der Waals surface area contributed by atoms with Gasteiger partial charge in [-0.2, -0.15) is 0 Å². The van der Waals surface area contributed by atoms with Gasteiger partial charge in [0.05, 0.1) is 19.8 Å². The van der Waals surface area contributed by atoms with E-state index in [4.69, 9.17) is 18.9 Å². The summed E-state index contributed by atoms with van der Waals surface area (Å²) >= 11 is 0. The first-order valence-electron chi connectivity index (χ1n) is 16.6. The molecule has 0 aliphatic heterocycles. The molecule has 0 spiro atoms. The van der Waals surface area contributed by atoms with Gasteiger partial charge in [-0.05, 0) is 121 Å². The molecule has 4 rings (SSSR count). The number of carbonyl (C=O) groups is 2. The fraction of sp³-hybridized carbons (Fsp3) is 0.317. The third-order valence-electron chi connectivity index (χ3n) is 8.10. The molecular formula is C41H46O6. The van der Waals surface area contributed by atoms with Crippen LogP contribution in [0.5, 0.6) is 17.2 Å². The van der Waals surface area contributed by atoms with Gasteiger partial charge in [0.25, 0.3) is 0 Å². The molecule has 0 unspecified atom stereocenters. The summed E-state index contributed by atoms with van der Waals surface area (Å²) in [5.74, 6) is 2.67. The standard InChI is InChI=1S/C41H46O6/c1-5-32(42)15-11-10-14-26-44-33-17-19-34(20-18-33)47-30(4)37-24-25-40-38-23-21-35(29-31(38)16-22-39(40)36(37)6-2)45-27-12-8-9-13-28-46-41(43)7-3/h5,7,16-25,29H,1,3-4,6,8-15,26-28H2,2H3. The zero-order valence-electron chi connectivity index (χ0n) is 27.6. The molecule has 0 bridgehead atoms. The van der Waals surface area contributed by atoms with Crippen molar-refractivity contribution < 1.29 is 28.5 Å². The molecule has 0 amide bonds. The predicted octanol–water partition coefficient (Wildman–Crippen LogP) is 9.97. The zero-order chi connectivity index (χ0) is 33.4. The summed E-state index contributed by atoms with van der Waals surface area (Å²) in [6.07, 6.45) is 10.4. The molecule has 0 aliphatic rings. The Labute approximate surface area is 278 Å². The molecule has 47 heavy (non-hydrogen) atoms. The van der Waals surface area contributed by atoms with Gasteiger partial charge in [0.1, 0.15) is 23.0 Å². The van der Waals surface area contributed by atoms with Gasteiger partial charge < -0.3 is 18.9 Å². The van der Waals surface area contributed by atoms with Crippen molar-refractivity contribution in [1.29, 1.82) is 0 Å². The number of hydrogen-bond acceptors (Lipinski definition) is 6. The second-order valence-corrected chi connectivity index (χ2v) is 11.4. The van der Waals surface area contributed by atoms with E-state index in [1.807, 2.05) is 30.3 Å². The van der Waals surface area contributed by atoms with E-state index in [2.05, 4.69) is 63.1 Å². The minimum atomic E-state index is -0.369. The fourth-order valence-corrected chi connectivity index (χ4v) is 5.57. The van der Waals surface area contributed by atoms with Gasteiger partial charge in [-0.15, -0.1) is 0 Å². The van der Waals surface area contributed by atoms with Gasteiger partial charge in [0.2, 0.25) is 0 Å². The highest BCUT2D eigenvalue weighted by atomic mass is 16.5. The van der Waals surface area contributed by atoms with Crippen LogP contribution < -0.4 is 14.2 Å². The van der Waals surface area contributed by atoms with E-state index in [0.29, 0.717) is 37.8 Å². The van der Waals surface area contributed by atoms with Crippen LogP contribution in [-0.2, 0) is 20.7 Å². The SMILES string of the molecule is C=CC(=O)CCCCCOc1ccc(OC(=C)c2ccc3c(ccc4cc(OCCCCCCOC(=O)C=C)ccc43)c2CC)cc1. The Morgan fingerprint density at radius 1 is 0.660 bits per heavy atom. The molecule has 0 atom stereocenters. The minimum Gasteiger partial charge on any atom is -0.494 e. The number of ether oxygens (including phenoxy) is 4. The molecule has 0 radical (unpaired) electrons. The number of esters is 1. The lowest BCUT2D eigenvalue weighted by Crippen LogP contribution is -2.02. The van der Waals surface area contributed by atoms with E-state index in [0.717, 1.165) is 73.8 Å². The number of allylic oxidation sites excluding steroid dienone is 1. The van der Waals surface area contributed by atoms with Gasteiger partial charge in [-0.1, -0.05) is 57.0 Å². The van der Waals surface area contributed by atoms with Crippen molar-refractivity contribution in [3.8, 4) is 17.2 Å². The van der Waals surface area contributed by atoms with E-state index in [1.54, 1.807) is 0 Å². The molecule has 246 valence electrons. The fourth-order valence-electron chi connectivity index (χ4n) is 5.57. The summed E-state index contributed by atoms with van der Waals surface area (Å²) < 4.78 is 23.1. The summed E-state index contributed by atoms with van der Waals surface area (Å²) in [6.45, 7) is 15.0. The first-order chi connectivity index (χ1) is 22.9. The van der Waals surface area contributed by atoms with Crippen LogP contribution in [0.2, 0.25) is 0 Å². The lowest BCUT2D eigenvalue weighted by molar-refractivity contribution is -0.137. The zero-order valence-corrected chi connectivity index (χ0v) is 27.6. The molecule has 4 aromatic carbocycles. The molecule has 6 heteroatoms. The molecule has 0 aliphatic carbocycles. The maximum atomic E-state index is 11.3. The highest BCUT2D eigenvalue weighted by Crippen LogP contribution is 2.34. The van der Waals surface area contributed by atoms with Crippen molar-refractivity contribution in [2.75, 3.05) is 19.8 Å². The van der Waals surface area contributed by atoms with Crippen LogP contribution in [0.1, 0.15) is 69.4 Å². The maximum absolute atomic E-state index is 11.3. The third kappa shape index (κ3) is 10.3. The van der Waals surface area contributed by atoms with Gasteiger partial charge in [-0.25, -0.2) is 4.79 Å². The largest absolute Gasteiger partial charge is 0.494 e. The molecule has 0 aromatic heterocycles. The van der Waals surface area contributed by atoms with E-state index < -0.39 is 0 Å². The maximum Gasteiger partial charge on any atom is 0.330 e. The molecule has 0 heterocycles. The second kappa shape index (κ2) is 18.3. The molecule has 0 saturated heterocycles. The number of hydrogen-bond donors (Lipinski definition) is 0. The Kier molecular flexibility index (Phi) is 13.7. The van der Waals surface area contributed by atoms with Crippen LogP contribution >= 0.6 is 0 Å². The second-order valence-electron chi connectivity index (χ2n) is 11.4. The van der Waals surface area contributed by atoms with Crippen LogP contribution in [0, 0.1) is 0 Å². The van der Waals surface area contributed by atoms with Crippen molar-refractivity contribution in [2.24, 2.45) is 0 Å². The molecule has 6 nitrogen and oxygen atoms in total. The normalized spacial score (nSPS) is 10.8. The lowest BCUT2D eigenvalue weighted by Gasteiger charge is -2.16. The van der Waals surface area contributed by atoms with Crippen molar-refractivity contribution in [3.05, 3.63) is 110 Å². The number of aryl methyl sites for hydroxylation is 1. The number of carbonyl (C=O) groups excluding carboxylic acids is 2.